The van der Waals surface area contributed by atoms with Gasteiger partial charge in [0, 0.05) is 41.8 Å². The van der Waals surface area contributed by atoms with E-state index in [4.69, 9.17) is 4.74 Å². The lowest BCUT2D eigenvalue weighted by atomic mass is 10.1. The summed E-state index contributed by atoms with van der Waals surface area (Å²) >= 11 is 0. The summed E-state index contributed by atoms with van der Waals surface area (Å²) in [7, 11) is 2.04. The fourth-order valence-electron chi connectivity index (χ4n) is 2.89. The highest BCUT2D eigenvalue weighted by Crippen LogP contribution is 2.29. The molecule has 0 aromatic carbocycles. The van der Waals surface area contributed by atoms with Gasteiger partial charge < -0.3 is 14.3 Å². The Kier molecular flexibility index (Phi) is 4.30. The van der Waals surface area contributed by atoms with Crippen molar-refractivity contribution in [3.8, 4) is 11.3 Å². The molecule has 3 aromatic rings. The molecular formula is C20H23N3O. The molecule has 0 atom stereocenters. The van der Waals surface area contributed by atoms with Crippen LogP contribution in [-0.2, 0) is 11.8 Å². The maximum absolute atomic E-state index is 5.58. The number of aryl methyl sites for hydroxylation is 1. The van der Waals surface area contributed by atoms with E-state index >= 15 is 0 Å². The van der Waals surface area contributed by atoms with Gasteiger partial charge in [0.25, 0.3) is 0 Å². The summed E-state index contributed by atoms with van der Waals surface area (Å²) in [6.45, 7) is 10.0. The molecule has 0 radical (unpaired) electrons. The number of hydrogen-bond donors (Lipinski definition) is 1. The number of ether oxygens (including phenoxy) is 1. The zero-order valence-corrected chi connectivity index (χ0v) is 14.6. The Morgan fingerprint density at radius 1 is 1.42 bits per heavy atom. The van der Waals surface area contributed by atoms with E-state index in [1.807, 2.05) is 39.1 Å². The van der Waals surface area contributed by atoms with Gasteiger partial charge in [-0.3, -0.25) is 0 Å². The van der Waals surface area contributed by atoms with Gasteiger partial charge in [-0.15, -0.1) is 0 Å². The third-order valence-corrected chi connectivity index (χ3v) is 3.99. The second kappa shape index (κ2) is 6.40. The second-order valence-electron chi connectivity index (χ2n) is 6.25. The number of aromatic nitrogens is 3. The largest absolute Gasteiger partial charge is 0.492 e. The monoisotopic (exact) mass is 321 g/mol. The molecule has 124 valence electrons. The quantitative estimate of drug-likeness (QED) is 0.540. The average Bonchev–Trinajstić information content (AvgIpc) is 3.06. The number of fused-ring (bicyclic) bond motifs is 1. The maximum atomic E-state index is 5.58. The van der Waals surface area contributed by atoms with Crippen LogP contribution in [0.3, 0.4) is 0 Å². The number of allylic oxidation sites excluding steroid dienone is 1. The van der Waals surface area contributed by atoms with Gasteiger partial charge in [0.15, 0.2) is 0 Å². The molecule has 0 saturated carbocycles. The summed E-state index contributed by atoms with van der Waals surface area (Å²) in [5, 5.41) is 1.12. The van der Waals surface area contributed by atoms with Crippen molar-refractivity contribution in [3.05, 3.63) is 60.3 Å². The van der Waals surface area contributed by atoms with Gasteiger partial charge >= 0.3 is 0 Å². The van der Waals surface area contributed by atoms with Crippen molar-refractivity contribution in [1.29, 1.82) is 0 Å². The summed E-state index contributed by atoms with van der Waals surface area (Å²) in [5.41, 5.74) is 5.49. The highest BCUT2D eigenvalue weighted by Gasteiger charge is 2.12. The van der Waals surface area contributed by atoms with E-state index in [0.717, 1.165) is 22.4 Å². The smallest absolute Gasteiger partial charge is 0.137 e. The number of H-pyrrole nitrogens is 1. The molecule has 3 aromatic heterocycles. The van der Waals surface area contributed by atoms with Crippen LogP contribution in [0.5, 0.6) is 0 Å². The molecule has 0 aliphatic rings. The Bertz CT molecular complexity index is 879. The van der Waals surface area contributed by atoms with Crippen molar-refractivity contribution in [3.63, 3.8) is 0 Å². The molecule has 24 heavy (non-hydrogen) atoms. The van der Waals surface area contributed by atoms with Crippen molar-refractivity contribution in [2.45, 2.75) is 26.9 Å². The van der Waals surface area contributed by atoms with Crippen LogP contribution >= 0.6 is 0 Å². The standard InChI is InChI=1S/C20H23N3O/c1-13(2)24-14(3)8-9-19-15(4)17(12-23(19)5)18-11-16-7-6-10-21-20(16)22-18/h6-13H,3H2,1-2,4-5H3,(H,21,22)/b9-8-. The zero-order chi connectivity index (χ0) is 17.3. The van der Waals surface area contributed by atoms with E-state index < -0.39 is 0 Å². The number of aromatic amines is 1. The van der Waals surface area contributed by atoms with E-state index in [2.05, 4.69) is 46.4 Å². The summed E-state index contributed by atoms with van der Waals surface area (Å²) in [5.74, 6) is 0.668. The summed E-state index contributed by atoms with van der Waals surface area (Å²) in [6, 6.07) is 6.15. The van der Waals surface area contributed by atoms with Gasteiger partial charge in [-0.05, 0) is 56.7 Å². The first kappa shape index (κ1) is 16.1. The van der Waals surface area contributed by atoms with Crippen LogP contribution in [0.15, 0.2) is 49.0 Å². The minimum atomic E-state index is 0.131. The first-order valence-electron chi connectivity index (χ1n) is 8.09. The zero-order valence-electron chi connectivity index (χ0n) is 14.6. The number of rotatable bonds is 5. The molecule has 4 nitrogen and oxygen atoms in total. The van der Waals surface area contributed by atoms with E-state index in [1.165, 1.54) is 11.1 Å². The van der Waals surface area contributed by atoms with E-state index in [0.29, 0.717) is 5.76 Å². The van der Waals surface area contributed by atoms with Gasteiger partial charge in [0.05, 0.1) is 6.10 Å². The molecule has 3 rings (SSSR count). The predicted molar refractivity (Wildman–Crippen MR) is 99.6 cm³/mol. The normalized spacial score (nSPS) is 11.7. The van der Waals surface area contributed by atoms with Crippen molar-refractivity contribution in [2.24, 2.45) is 7.05 Å². The summed E-state index contributed by atoms with van der Waals surface area (Å²) in [4.78, 5) is 7.76. The van der Waals surface area contributed by atoms with E-state index in [-0.39, 0.29) is 6.10 Å². The Hall–Kier alpha value is -2.75. The van der Waals surface area contributed by atoms with Gasteiger partial charge in [0.1, 0.15) is 11.4 Å². The molecule has 0 bridgehead atoms. The molecule has 4 heteroatoms. The van der Waals surface area contributed by atoms with Crippen LogP contribution < -0.4 is 0 Å². The Morgan fingerprint density at radius 3 is 2.92 bits per heavy atom. The lowest BCUT2D eigenvalue weighted by molar-refractivity contribution is 0.159. The molecule has 0 aliphatic carbocycles. The van der Waals surface area contributed by atoms with Crippen LogP contribution in [0.1, 0.15) is 25.1 Å². The molecule has 3 heterocycles. The molecule has 1 N–H and O–H groups in total. The first-order valence-corrected chi connectivity index (χ1v) is 8.09. The highest BCUT2D eigenvalue weighted by molar-refractivity contribution is 5.84. The number of pyridine rings is 1. The number of nitrogens with one attached hydrogen (secondary N) is 1. The van der Waals surface area contributed by atoms with Crippen molar-refractivity contribution < 1.29 is 4.74 Å². The minimum Gasteiger partial charge on any atom is -0.492 e. The van der Waals surface area contributed by atoms with Crippen LogP contribution in [-0.4, -0.2) is 20.6 Å². The van der Waals surface area contributed by atoms with Gasteiger partial charge in [-0.1, -0.05) is 6.58 Å². The molecule has 0 amide bonds. The maximum Gasteiger partial charge on any atom is 0.137 e. The fraction of sp³-hybridized carbons (Fsp3) is 0.250. The SMILES string of the molecule is C=C(/C=C\c1c(C)c(-c2cc3cccnc3[nH]2)cn1C)OC(C)C. The minimum absolute atomic E-state index is 0.131. The van der Waals surface area contributed by atoms with Crippen LogP contribution in [0.4, 0.5) is 0 Å². The Balaban J connectivity index is 1.94. The lowest BCUT2D eigenvalue weighted by Crippen LogP contribution is -1.99. The summed E-state index contributed by atoms with van der Waals surface area (Å²) < 4.78 is 7.69. The van der Waals surface area contributed by atoms with Crippen LogP contribution in [0.25, 0.3) is 28.4 Å². The molecule has 0 aliphatic heterocycles. The lowest BCUT2D eigenvalue weighted by Gasteiger charge is -2.08. The predicted octanol–water partition coefficient (Wildman–Crippen LogP) is 4.83. The fourth-order valence-corrected chi connectivity index (χ4v) is 2.89. The van der Waals surface area contributed by atoms with Crippen LogP contribution in [0.2, 0.25) is 0 Å². The van der Waals surface area contributed by atoms with Crippen LogP contribution in [0, 0.1) is 6.92 Å². The molecule has 0 saturated heterocycles. The number of nitrogens with zero attached hydrogens (tertiary/aromatic N) is 2. The van der Waals surface area contributed by atoms with E-state index in [1.54, 1.807) is 6.20 Å². The number of hydrogen-bond acceptors (Lipinski definition) is 2. The molecule has 0 spiro atoms. The van der Waals surface area contributed by atoms with Gasteiger partial charge in [-0.25, -0.2) is 4.98 Å². The van der Waals surface area contributed by atoms with Gasteiger partial charge in [-0.2, -0.15) is 0 Å². The molecule has 0 fully saturated rings. The Labute approximate surface area is 142 Å². The second-order valence-corrected chi connectivity index (χ2v) is 6.25. The first-order chi connectivity index (χ1) is 11.5. The van der Waals surface area contributed by atoms with Gasteiger partial charge in [0.2, 0.25) is 0 Å². The summed E-state index contributed by atoms with van der Waals surface area (Å²) in [6.07, 6.45) is 8.02. The third-order valence-electron chi connectivity index (χ3n) is 3.99. The highest BCUT2D eigenvalue weighted by atomic mass is 16.5. The van der Waals surface area contributed by atoms with Crippen molar-refractivity contribution in [2.75, 3.05) is 0 Å². The Morgan fingerprint density at radius 2 is 2.21 bits per heavy atom. The molecule has 0 unspecified atom stereocenters. The average molecular weight is 321 g/mol. The van der Waals surface area contributed by atoms with Crippen molar-refractivity contribution in [1.82, 2.24) is 14.5 Å². The van der Waals surface area contributed by atoms with E-state index in [9.17, 15) is 0 Å². The third kappa shape index (κ3) is 3.13. The van der Waals surface area contributed by atoms with Crippen molar-refractivity contribution >= 4 is 17.1 Å². The topological polar surface area (TPSA) is 42.8 Å². The molecular weight excluding hydrogens is 298 g/mol.